The normalized spacial score (nSPS) is 14.2. The molecule has 0 aliphatic rings. The summed E-state index contributed by atoms with van der Waals surface area (Å²) >= 11 is 0. The Morgan fingerprint density at radius 2 is 2.00 bits per heavy atom. The molecule has 0 aliphatic heterocycles. The summed E-state index contributed by atoms with van der Waals surface area (Å²) in [5.74, 6) is -0.573. The highest BCUT2D eigenvalue weighted by Gasteiger charge is 2.10. The van der Waals surface area contributed by atoms with Crippen molar-refractivity contribution in [1.82, 2.24) is 5.32 Å². The van der Waals surface area contributed by atoms with Gasteiger partial charge in [-0.3, -0.25) is 9.59 Å². The van der Waals surface area contributed by atoms with Gasteiger partial charge >= 0.3 is 5.97 Å². The lowest BCUT2D eigenvalue weighted by Crippen LogP contribution is -2.39. The second-order valence-corrected chi connectivity index (χ2v) is 4.08. The van der Waals surface area contributed by atoms with Gasteiger partial charge in [-0.15, -0.1) is 0 Å². The molecule has 0 radical (unpaired) electrons. The molecule has 0 saturated carbocycles. The van der Waals surface area contributed by atoms with E-state index in [1.165, 1.54) is 0 Å². The van der Waals surface area contributed by atoms with Crippen molar-refractivity contribution in [3.05, 3.63) is 0 Å². The van der Waals surface area contributed by atoms with Crippen molar-refractivity contribution in [3.63, 3.8) is 0 Å². The van der Waals surface area contributed by atoms with Gasteiger partial charge in [0.25, 0.3) is 0 Å². The lowest BCUT2D eigenvalue weighted by atomic mass is 9.96. The zero-order valence-electron chi connectivity index (χ0n) is 10.0. The second-order valence-electron chi connectivity index (χ2n) is 4.08. The number of aliphatic carboxylic acids is 1. The standard InChI is InChI=1S/C11H22N2O3/c1-3-9(4-5-10(14)15)6-7-13-11(16)8(2)12/h8-9H,3-7,12H2,1-2H3,(H,13,16)(H,14,15). The molecular formula is C11H22N2O3. The first-order valence-corrected chi connectivity index (χ1v) is 5.72. The van der Waals surface area contributed by atoms with Crippen LogP contribution in [0.2, 0.25) is 0 Å². The lowest BCUT2D eigenvalue weighted by Gasteiger charge is -2.14. The monoisotopic (exact) mass is 230 g/mol. The number of carbonyl (C=O) groups excluding carboxylic acids is 1. The number of amides is 1. The number of rotatable bonds is 8. The maximum Gasteiger partial charge on any atom is 0.303 e. The predicted octanol–water partition coefficient (Wildman–Crippen LogP) is 0.731. The molecular weight excluding hydrogens is 208 g/mol. The highest BCUT2D eigenvalue weighted by atomic mass is 16.4. The van der Waals surface area contributed by atoms with Gasteiger partial charge in [0.2, 0.25) is 5.91 Å². The molecule has 94 valence electrons. The van der Waals surface area contributed by atoms with Crippen LogP contribution < -0.4 is 11.1 Å². The third kappa shape index (κ3) is 7.23. The van der Waals surface area contributed by atoms with Crippen molar-refractivity contribution in [2.45, 2.75) is 45.6 Å². The van der Waals surface area contributed by atoms with Crippen LogP contribution in [0.5, 0.6) is 0 Å². The van der Waals surface area contributed by atoms with Gasteiger partial charge in [-0.25, -0.2) is 0 Å². The molecule has 5 nitrogen and oxygen atoms in total. The van der Waals surface area contributed by atoms with Crippen LogP contribution in [0.15, 0.2) is 0 Å². The Morgan fingerprint density at radius 3 is 2.44 bits per heavy atom. The maximum absolute atomic E-state index is 11.1. The zero-order chi connectivity index (χ0) is 12.6. The van der Waals surface area contributed by atoms with E-state index in [2.05, 4.69) is 5.32 Å². The molecule has 2 atom stereocenters. The Kier molecular flexibility index (Phi) is 7.54. The van der Waals surface area contributed by atoms with Crippen LogP contribution in [-0.2, 0) is 9.59 Å². The third-order valence-electron chi connectivity index (χ3n) is 2.61. The molecule has 5 heteroatoms. The van der Waals surface area contributed by atoms with E-state index >= 15 is 0 Å². The minimum absolute atomic E-state index is 0.159. The van der Waals surface area contributed by atoms with Crippen molar-refractivity contribution >= 4 is 11.9 Å². The van der Waals surface area contributed by atoms with Crippen LogP contribution in [-0.4, -0.2) is 29.6 Å². The fourth-order valence-electron chi connectivity index (χ4n) is 1.44. The molecule has 0 saturated heterocycles. The second kappa shape index (κ2) is 8.10. The molecule has 1 amide bonds. The molecule has 0 aromatic carbocycles. The van der Waals surface area contributed by atoms with E-state index in [1.54, 1.807) is 6.92 Å². The Balaban J connectivity index is 3.70. The van der Waals surface area contributed by atoms with Crippen LogP contribution in [0.25, 0.3) is 0 Å². The predicted molar refractivity (Wildman–Crippen MR) is 61.9 cm³/mol. The average Bonchev–Trinajstić information content (AvgIpc) is 2.22. The summed E-state index contributed by atoms with van der Waals surface area (Å²) in [6, 6.07) is -0.487. The largest absolute Gasteiger partial charge is 0.481 e. The van der Waals surface area contributed by atoms with Gasteiger partial charge in [-0.05, 0) is 25.7 Å². The summed E-state index contributed by atoms with van der Waals surface area (Å²) in [6.45, 7) is 4.23. The smallest absolute Gasteiger partial charge is 0.303 e. The van der Waals surface area contributed by atoms with Gasteiger partial charge in [-0.2, -0.15) is 0 Å². The molecule has 0 bridgehead atoms. The van der Waals surface area contributed by atoms with Crippen molar-refractivity contribution in [1.29, 1.82) is 0 Å². The van der Waals surface area contributed by atoms with Crippen molar-refractivity contribution < 1.29 is 14.7 Å². The molecule has 0 heterocycles. The van der Waals surface area contributed by atoms with Gasteiger partial charge in [-0.1, -0.05) is 13.3 Å². The summed E-state index contributed by atoms with van der Waals surface area (Å²) in [4.78, 5) is 21.6. The maximum atomic E-state index is 11.1. The van der Waals surface area contributed by atoms with E-state index in [1.807, 2.05) is 6.92 Å². The molecule has 0 aromatic heterocycles. The molecule has 2 unspecified atom stereocenters. The fourth-order valence-corrected chi connectivity index (χ4v) is 1.44. The van der Waals surface area contributed by atoms with Crippen LogP contribution in [0.3, 0.4) is 0 Å². The van der Waals surface area contributed by atoms with Crippen LogP contribution in [0, 0.1) is 5.92 Å². The summed E-state index contributed by atoms with van der Waals surface area (Å²) in [5.41, 5.74) is 5.39. The third-order valence-corrected chi connectivity index (χ3v) is 2.61. The minimum Gasteiger partial charge on any atom is -0.481 e. The Labute approximate surface area is 96.4 Å². The first kappa shape index (κ1) is 14.9. The van der Waals surface area contributed by atoms with E-state index in [-0.39, 0.29) is 12.3 Å². The zero-order valence-corrected chi connectivity index (χ0v) is 10.0. The highest BCUT2D eigenvalue weighted by Crippen LogP contribution is 2.14. The highest BCUT2D eigenvalue weighted by molar-refractivity contribution is 5.80. The fraction of sp³-hybridized carbons (Fsp3) is 0.818. The summed E-state index contributed by atoms with van der Waals surface area (Å²) in [7, 11) is 0. The van der Waals surface area contributed by atoms with Crippen molar-refractivity contribution in [2.24, 2.45) is 11.7 Å². The molecule has 0 spiro atoms. The summed E-state index contributed by atoms with van der Waals surface area (Å²) in [6.07, 6.45) is 2.60. The number of nitrogens with two attached hydrogens (primary N) is 1. The molecule has 0 aliphatic carbocycles. The van der Waals surface area contributed by atoms with E-state index in [9.17, 15) is 9.59 Å². The van der Waals surface area contributed by atoms with Gasteiger partial charge < -0.3 is 16.2 Å². The first-order chi connectivity index (χ1) is 7.47. The Morgan fingerprint density at radius 1 is 1.38 bits per heavy atom. The van der Waals surface area contributed by atoms with E-state index in [4.69, 9.17) is 10.8 Å². The van der Waals surface area contributed by atoms with Crippen LogP contribution in [0.4, 0.5) is 0 Å². The molecule has 0 fully saturated rings. The number of hydrogen-bond acceptors (Lipinski definition) is 3. The number of carbonyl (C=O) groups is 2. The number of carboxylic acid groups (broad SMARTS) is 1. The van der Waals surface area contributed by atoms with E-state index in [0.717, 1.165) is 12.8 Å². The van der Waals surface area contributed by atoms with E-state index < -0.39 is 12.0 Å². The summed E-state index contributed by atoms with van der Waals surface area (Å²) in [5, 5.41) is 11.3. The molecule has 0 aromatic rings. The topological polar surface area (TPSA) is 92.4 Å². The average molecular weight is 230 g/mol. The molecule has 16 heavy (non-hydrogen) atoms. The molecule has 0 rings (SSSR count). The number of hydrogen-bond donors (Lipinski definition) is 3. The quantitative estimate of drug-likeness (QED) is 0.573. The first-order valence-electron chi connectivity index (χ1n) is 5.72. The van der Waals surface area contributed by atoms with Crippen LogP contribution >= 0.6 is 0 Å². The van der Waals surface area contributed by atoms with Gasteiger partial charge in [0, 0.05) is 13.0 Å². The number of carboxylic acids is 1. The van der Waals surface area contributed by atoms with Gasteiger partial charge in [0.1, 0.15) is 0 Å². The Bertz CT molecular complexity index is 229. The minimum atomic E-state index is -0.766. The van der Waals surface area contributed by atoms with Gasteiger partial charge in [0.05, 0.1) is 6.04 Å². The van der Waals surface area contributed by atoms with Gasteiger partial charge in [0.15, 0.2) is 0 Å². The van der Waals surface area contributed by atoms with E-state index in [0.29, 0.717) is 18.9 Å². The lowest BCUT2D eigenvalue weighted by molar-refractivity contribution is -0.137. The van der Waals surface area contributed by atoms with Crippen molar-refractivity contribution in [2.75, 3.05) is 6.54 Å². The SMILES string of the molecule is CCC(CCNC(=O)C(C)N)CCC(=O)O. The number of nitrogens with one attached hydrogen (secondary N) is 1. The van der Waals surface area contributed by atoms with Crippen molar-refractivity contribution in [3.8, 4) is 0 Å². The Hall–Kier alpha value is -1.10. The van der Waals surface area contributed by atoms with Crippen LogP contribution in [0.1, 0.15) is 39.5 Å². The summed E-state index contributed by atoms with van der Waals surface area (Å²) < 4.78 is 0. The molecule has 4 N–H and O–H groups in total.